The number of aryl methyl sites for hydroxylation is 1. The van der Waals surface area contributed by atoms with Crippen LogP contribution in [0.15, 0.2) is 30.3 Å². The fourth-order valence-corrected chi connectivity index (χ4v) is 2.72. The fraction of sp³-hybridized carbons (Fsp3) is 0.353. The van der Waals surface area contributed by atoms with Gasteiger partial charge in [0.05, 0.1) is 0 Å². The Hall–Kier alpha value is -3.03. The van der Waals surface area contributed by atoms with E-state index in [4.69, 9.17) is 5.73 Å². The number of primary amides is 1. The number of fused-ring (bicyclic) bond motifs is 1. The highest BCUT2D eigenvalue weighted by Gasteiger charge is 2.20. The minimum atomic E-state index is -1.11. The zero-order valence-corrected chi connectivity index (χ0v) is 14.0. The largest absolute Gasteiger partial charge is 0.480 e. The number of rotatable bonds is 8. The Morgan fingerprint density at radius 1 is 1.28 bits per heavy atom. The van der Waals surface area contributed by atoms with Crippen molar-refractivity contribution in [1.82, 2.24) is 15.2 Å². The third-order valence-electron chi connectivity index (χ3n) is 3.92. The van der Waals surface area contributed by atoms with E-state index in [1.807, 2.05) is 41.8 Å². The van der Waals surface area contributed by atoms with Gasteiger partial charge in [-0.15, -0.1) is 0 Å². The summed E-state index contributed by atoms with van der Waals surface area (Å²) in [5, 5.41) is 15.2. The molecule has 0 saturated carbocycles. The summed E-state index contributed by atoms with van der Waals surface area (Å²) >= 11 is 0. The smallest absolute Gasteiger partial charge is 0.326 e. The molecule has 3 amide bonds. The van der Waals surface area contributed by atoms with Crippen molar-refractivity contribution in [2.45, 2.75) is 32.4 Å². The Morgan fingerprint density at radius 2 is 2.00 bits per heavy atom. The van der Waals surface area contributed by atoms with Crippen LogP contribution in [0.4, 0.5) is 4.79 Å². The van der Waals surface area contributed by atoms with Gasteiger partial charge in [0.15, 0.2) is 0 Å². The molecule has 2 aromatic rings. The third-order valence-corrected chi connectivity index (χ3v) is 3.92. The number of aromatic nitrogens is 1. The average molecular weight is 346 g/mol. The number of nitrogens with one attached hydrogen (secondary N) is 2. The first kappa shape index (κ1) is 18.3. The lowest BCUT2D eigenvalue weighted by atomic mass is 10.1. The van der Waals surface area contributed by atoms with Crippen LogP contribution in [0.1, 0.15) is 18.5 Å². The van der Waals surface area contributed by atoms with Crippen molar-refractivity contribution in [2.75, 3.05) is 6.54 Å². The van der Waals surface area contributed by atoms with Gasteiger partial charge in [0.25, 0.3) is 0 Å². The normalized spacial score (nSPS) is 11.9. The molecule has 25 heavy (non-hydrogen) atoms. The van der Waals surface area contributed by atoms with Gasteiger partial charge in [-0.3, -0.25) is 4.79 Å². The second-order valence-electron chi connectivity index (χ2n) is 5.82. The van der Waals surface area contributed by atoms with Gasteiger partial charge in [0.2, 0.25) is 5.91 Å². The van der Waals surface area contributed by atoms with Crippen molar-refractivity contribution in [1.29, 1.82) is 0 Å². The highest BCUT2D eigenvalue weighted by atomic mass is 16.4. The maximum atomic E-state index is 12.3. The highest BCUT2D eigenvalue weighted by Crippen LogP contribution is 2.18. The molecule has 8 heteroatoms. The van der Waals surface area contributed by atoms with E-state index < -0.39 is 18.0 Å². The van der Waals surface area contributed by atoms with E-state index in [0.29, 0.717) is 6.42 Å². The molecule has 1 atom stereocenters. The molecule has 1 aromatic carbocycles. The Labute approximate surface area is 145 Å². The third kappa shape index (κ3) is 4.97. The molecule has 0 spiro atoms. The average Bonchev–Trinajstić information content (AvgIpc) is 2.86. The summed E-state index contributed by atoms with van der Waals surface area (Å²) in [7, 11) is 0. The van der Waals surface area contributed by atoms with Gasteiger partial charge in [0, 0.05) is 17.8 Å². The van der Waals surface area contributed by atoms with Crippen molar-refractivity contribution in [3.8, 4) is 0 Å². The number of nitrogens with zero attached hydrogens (tertiary/aromatic N) is 1. The van der Waals surface area contributed by atoms with E-state index in [0.717, 1.165) is 16.6 Å². The molecule has 0 aliphatic carbocycles. The van der Waals surface area contributed by atoms with Gasteiger partial charge in [-0.05, 0) is 37.3 Å². The van der Waals surface area contributed by atoms with E-state index in [1.54, 1.807) is 0 Å². The van der Waals surface area contributed by atoms with Crippen LogP contribution < -0.4 is 16.4 Å². The lowest BCUT2D eigenvalue weighted by molar-refractivity contribution is -0.142. The number of hydrogen-bond acceptors (Lipinski definition) is 3. The summed E-state index contributed by atoms with van der Waals surface area (Å²) in [6.07, 6.45) is 0.596. The molecule has 0 saturated heterocycles. The minimum Gasteiger partial charge on any atom is -0.480 e. The van der Waals surface area contributed by atoms with Crippen LogP contribution in [0.5, 0.6) is 0 Å². The molecule has 0 bridgehead atoms. The van der Waals surface area contributed by atoms with Crippen LogP contribution in [0, 0.1) is 6.92 Å². The molecule has 5 N–H and O–H groups in total. The fourth-order valence-electron chi connectivity index (χ4n) is 2.72. The van der Waals surface area contributed by atoms with Crippen molar-refractivity contribution < 1.29 is 19.5 Å². The molecule has 134 valence electrons. The Kier molecular flexibility index (Phi) is 5.99. The van der Waals surface area contributed by atoms with E-state index in [1.165, 1.54) is 0 Å². The lowest BCUT2D eigenvalue weighted by Gasteiger charge is -2.16. The lowest BCUT2D eigenvalue weighted by Crippen LogP contribution is -2.43. The second-order valence-corrected chi connectivity index (χ2v) is 5.82. The molecule has 1 aromatic heterocycles. The van der Waals surface area contributed by atoms with Gasteiger partial charge in [-0.2, -0.15) is 0 Å². The van der Waals surface area contributed by atoms with Crippen LogP contribution >= 0.6 is 0 Å². The Balaban J connectivity index is 1.97. The first-order valence-corrected chi connectivity index (χ1v) is 7.99. The number of carboxylic acid groups (broad SMARTS) is 1. The SMILES string of the molecule is Cc1cc2ccccc2n1CC(=O)N[C@H](CCCNC(N)=O)C(=O)O. The Morgan fingerprint density at radius 3 is 2.68 bits per heavy atom. The zero-order chi connectivity index (χ0) is 18.4. The number of para-hydroxylation sites is 1. The quantitative estimate of drug-likeness (QED) is 0.531. The zero-order valence-electron chi connectivity index (χ0n) is 14.0. The summed E-state index contributed by atoms with van der Waals surface area (Å²) in [5.74, 6) is -1.48. The summed E-state index contributed by atoms with van der Waals surface area (Å²) in [6.45, 7) is 2.20. The second kappa shape index (κ2) is 8.18. The predicted octanol–water partition coefficient (Wildman–Crippen LogP) is 0.968. The number of hydrogen-bond donors (Lipinski definition) is 4. The number of aliphatic carboxylic acids is 1. The molecule has 0 unspecified atom stereocenters. The van der Waals surface area contributed by atoms with E-state index >= 15 is 0 Å². The highest BCUT2D eigenvalue weighted by molar-refractivity contribution is 5.86. The van der Waals surface area contributed by atoms with Crippen LogP contribution in [0.3, 0.4) is 0 Å². The number of carbonyl (C=O) groups excluding carboxylic acids is 2. The summed E-state index contributed by atoms with van der Waals surface area (Å²) in [6, 6.07) is 8.00. The number of urea groups is 1. The first-order chi connectivity index (χ1) is 11.9. The van der Waals surface area contributed by atoms with Gasteiger partial charge in [0.1, 0.15) is 12.6 Å². The number of carboxylic acids is 1. The molecule has 0 radical (unpaired) electrons. The predicted molar refractivity (Wildman–Crippen MR) is 93.1 cm³/mol. The molecule has 2 rings (SSSR count). The van der Waals surface area contributed by atoms with E-state index in [9.17, 15) is 19.5 Å². The van der Waals surface area contributed by atoms with Gasteiger partial charge in [-0.1, -0.05) is 18.2 Å². The van der Waals surface area contributed by atoms with E-state index in [2.05, 4.69) is 10.6 Å². The molecule has 0 aliphatic heterocycles. The topological polar surface area (TPSA) is 126 Å². The maximum absolute atomic E-state index is 12.3. The standard InChI is InChI=1S/C17H22N4O4/c1-11-9-12-5-2-3-7-14(12)21(11)10-15(22)20-13(16(23)24)6-4-8-19-17(18)25/h2-3,5,7,9,13H,4,6,8,10H2,1H3,(H,20,22)(H,23,24)(H3,18,19,25)/t13-/m1/s1. The van der Waals surface area contributed by atoms with Crippen molar-refractivity contribution in [2.24, 2.45) is 5.73 Å². The number of amides is 3. The summed E-state index contributed by atoms with van der Waals surface area (Å²) < 4.78 is 1.85. The van der Waals surface area contributed by atoms with Gasteiger partial charge in [-0.25, -0.2) is 9.59 Å². The molecule has 8 nitrogen and oxygen atoms in total. The number of nitrogens with two attached hydrogens (primary N) is 1. The summed E-state index contributed by atoms with van der Waals surface area (Å²) in [5.41, 5.74) is 6.79. The Bertz CT molecular complexity index is 784. The molecule has 0 aliphatic rings. The van der Waals surface area contributed by atoms with Crippen LogP contribution in [-0.4, -0.2) is 40.2 Å². The molecular formula is C17H22N4O4. The first-order valence-electron chi connectivity index (χ1n) is 7.99. The molecule has 0 fully saturated rings. The number of benzene rings is 1. The van der Waals surface area contributed by atoms with Crippen molar-refractivity contribution in [3.63, 3.8) is 0 Å². The van der Waals surface area contributed by atoms with Crippen LogP contribution in [0.2, 0.25) is 0 Å². The van der Waals surface area contributed by atoms with Gasteiger partial charge < -0.3 is 26.0 Å². The van der Waals surface area contributed by atoms with Crippen molar-refractivity contribution in [3.05, 3.63) is 36.0 Å². The molecule has 1 heterocycles. The van der Waals surface area contributed by atoms with Crippen LogP contribution in [-0.2, 0) is 16.1 Å². The minimum absolute atomic E-state index is 0.0443. The summed E-state index contributed by atoms with van der Waals surface area (Å²) in [4.78, 5) is 34.2. The molecular weight excluding hydrogens is 324 g/mol. The number of carbonyl (C=O) groups is 3. The van der Waals surface area contributed by atoms with E-state index in [-0.39, 0.29) is 25.4 Å². The monoisotopic (exact) mass is 346 g/mol. The maximum Gasteiger partial charge on any atom is 0.326 e. The van der Waals surface area contributed by atoms with Crippen LogP contribution in [0.25, 0.3) is 10.9 Å². The van der Waals surface area contributed by atoms with Crippen molar-refractivity contribution >= 4 is 28.8 Å². The van der Waals surface area contributed by atoms with Gasteiger partial charge >= 0.3 is 12.0 Å².